The number of H-pyrrole nitrogens is 1. The van der Waals surface area contributed by atoms with E-state index in [4.69, 9.17) is 4.74 Å². The molecule has 22 heavy (non-hydrogen) atoms. The summed E-state index contributed by atoms with van der Waals surface area (Å²) in [6.07, 6.45) is 2.10. The molecule has 1 aromatic heterocycles. The van der Waals surface area contributed by atoms with E-state index in [1.807, 2.05) is 24.3 Å². The Morgan fingerprint density at radius 1 is 1.45 bits per heavy atom. The predicted octanol–water partition coefficient (Wildman–Crippen LogP) is 1.48. The second-order valence-corrected chi connectivity index (χ2v) is 5.54. The van der Waals surface area contributed by atoms with Gasteiger partial charge in [0.15, 0.2) is 5.69 Å². The molecule has 0 aliphatic carbocycles. The number of carbonyl (C=O) groups is 1. The molecule has 1 aliphatic heterocycles. The standard InChI is InChI=1S/C15H20N4O2.ClH/c1-21-10-15(7-4-8-17-15)9-16-14(20)13-11-5-2-3-6-12(11)18-19-13;/h2-3,5-6,17H,4,7-10H2,1H3,(H,16,20)(H,18,19);1H. The van der Waals surface area contributed by atoms with Crippen molar-refractivity contribution in [2.45, 2.75) is 18.4 Å². The van der Waals surface area contributed by atoms with Crippen molar-refractivity contribution in [1.29, 1.82) is 0 Å². The molecule has 0 bridgehead atoms. The fourth-order valence-electron chi connectivity index (χ4n) is 2.94. The molecule has 0 radical (unpaired) electrons. The Hall–Kier alpha value is -1.63. The van der Waals surface area contributed by atoms with Gasteiger partial charge in [0.2, 0.25) is 0 Å². The number of benzene rings is 1. The van der Waals surface area contributed by atoms with Gasteiger partial charge in [0.05, 0.1) is 17.7 Å². The van der Waals surface area contributed by atoms with Gasteiger partial charge >= 0.3 is 0 Å². The highest BCUT2D eigenvalue weighted by molar-refractivity contribution is 6.04. The Kier molecular flexibility index (Phi) is 5.39. The van der Waals surface area contributed by atoms with Crippen molar-refractivity contribution in [2.75, 3.05) is 26.8 Å². The van der Waals surface area contributed by atoms with Crippen molar-refractivity contribution in [2.24, 2.45) is 0 Å². The van der Waals surface area contributed by atoms with E-state index in [2.05, 4.69) is 20.8 Å². The monoisotopic (exact) mass is 324 g/mol. The minimum atomic E-state index is -0.156. The summed E-state index contributed by atoms with van der Waals surface area (Å²) in [6.45, 7) is 2.10. The fraction of sp³-hybridized carbons (Fsp3) is 0.467. The van der Waals surface area contributed by atoms with Crippen LogP contribution in [0.15, 0.2) is 24.3 Å². The number of rotatable bonds is 5. The lowest BCUT2D eigenvalue weighted by Gasteiger charge is -2.28. The fourth-order valence-corrected chi connectivity index (χ4v) is 2.94. The van der Waals surface area contributed by atoms with Crippen LogP contribution in [0, 0.1) is 0 Å². The zero-order valence-corrected chi connectivity index (χ0v) is 13.3. The molecule has 0 saturated carbocycles. The average Bonchev–Trinajstić information content (AvgIpc) is 3.12. The summed E-state index contributed by atoms with van der Waals surface area (Å²) in [7, 11) is 1.69. The first-order valence-electron chi connectivity index (χ1n) is 7.19. The highest BCUT2D eigenvalue weighted by Gasteiger charge is 2.34. The molecule has 1 amide bonds. The van der Waals surface area contributed by atoms with Crippen molar-refractivity contribution in [1.82, 2.24) is 20.8 Å². The number of hydrogen-bond donors (Lipinski definition) is 3. The molecule has 120 valence electrons. The first-order valence-corrected chi connectivity index (χ1v) is 7.19. The molecule has 1 unspecified atom stereocenters. The van der Waals surface area contributed by atoms with E-state index in [1.165, 1.54) is 0 Å². The van der Waals surface area contributed by atoms with Crippen LogP contribution in [0.2, 0.25) is 0 Å². The highest BCUT2D eigenvalue weighted by atomic mass is 35.5. The molecule has 1 saturated heterocycles. The van der Waals surface area contributed by atoms with Crippen LogP contribution in [0.1, 0.15) is 23.3 Å². The Morgan fingerprint density at radius 3 is 3.00 bits per heavy atom. The molecule has 2 aromatic rings. The van der Waals surface area contributed by atoms with E-state index >= 15 is 0 Å². The summed E-state index contributed by atoms with van der Waals surface area (Å²) < 4.78 is 5.29. The van der Waals surface area contributed by atoms with Gasteiger partial charge in [0, 0.05) is 19.0 Å². The van der Waals surface area contributed by atoms with Crippen LogP contribution in [0.4, 0.5) is 0 Å². The van der Waals surface area contributed by atoms with Gasteiger partial charge in [0.1, 0.15) is 0 Å². The van der Waals surface area contributed by atoms with Gasteiger partial charge in [-0.15, -0.1) is 12.4 Å². The number of aromatic amines is 1. The summed E-state index contributed by atoms with van der Waals surface area (Å²) in [5, 5.41) is 14.3. The second kappa shape index (κ2) is 7.09. The molecule has 1 atom stereocenters. The number of aromatic nitrogens is 2. The maximum atomic E-state index is 12.4. The predicted molar refractivity (Wildman–Crippen MR) is 87.5 cm³/mol. The van der Waals surface area contributed by atoms with Crippen LogP contribution < -0.4 is 10.6 Å². The zero-order chi connectivity index (χ0) is 14.7. The van der Waals surface area contributed by atoms with Crippen LogP contribution in [0.5, 0.6) is 0 Å². The highest BCUT2D eigenvalue weighted by Crippen LogP contribution is 2.19. The number of methoxy groups -OCH3 is 1. The first kappa shape index (κ1) is 16.7. The maximum absolute atomic E-state index is 12.4. The summed E-state index contributed by atoms with van der Waals surface area (Å²) in [5.41, 5.74) is 1.15. The van der Waals surface area contributed by atoms with E-state index in [0.717, 1.165) is 30.3 Å². The first-order chi connectivity index (χ1) is 10.2. The maximum Gasteiger partial charge on any atom is 0.272 e. The van der Waals surface area contributed by atoms with Crippen molar-refractivity contribution in [3.63, 3.8) is 0 Å². The smallest absolute Gasteiger partial charge is 0.272 e. The molecule has 3 N–H and O–H groups in total. The van der Waals surface area contributed by atoms with Crippen LogP contribution in [-0.4, -0.2) is 48.4 Å². The summed E-state index contributed by atoms with van der Waals surface area (Å²) in [6, 6.07) is 7.62. The van der Waals surface area contributed by atoms with Gasteiger partial charge in [-0.3, -0.25) is 9.89 Å². The van der Waals surface area contributed by atoms with Crippen LogP contribution in [-0.2, 0) is 4.74 Å². The Bertz CT molecular complexity index is 637. The molecular weight excluding hydrogens is 304 g/mol. The van der Waals surface area contributed by atoms with Crippen molar-refractivity contribution in [3.8, 4) is 0 Å². The van der Waals surface area contributed by atoms with E-state index in [9.17, 15) is 4.79 Å². The van der Waals surface area contributed by atoms with Gasteiger partial charge < -0.3 is 15.4 Å². The molecule has 0 spiro atoms. The number of para-hydroxylation sites is 1. The number of halogens is 1. The minimum Gasteiger partial charge on any atom is -0.383 e. The van der Waals surface area contributed by atoms with Gasteiger partial charge in [-0.05, 0) is 25.5 Å². The van der Waals surface area contributed by atoms with Gasteiger partial charge in [-0.25, -0.2) is 0 Å². The van der Waals surface area contributed by atoms with E-state index in [1.54, 1.807) is 7.11 Å². The van der Waals surface area contributed by atoms with Crippen LogP contribution in [0.3, 0.4) is 0 Å². The van der Waals surface area contributed by atoms with E-state index in [0.29, 0.717) is 18.8 Å². The number of carbonyl (C=O) groups excluding carboxylic acids is 1. The number of amides is 1. The summed E-state index contributed by atoms with van der Waals surface area (Å²) in [4.78, 5) is 12.4. The van der Waals surface area contributed by atoms with Crippen molar-refractivity contribution >= 4 is 29.2 Å². The van der Waals surface area contributed by atoms with E-state index < -0.39 is 0 Å². The SMILES string of the molecule is COCC1(CNC(=O)c2n[nH]c3ccccc23)CCCN1.Cl. The largest absolute Gasteiger partial charge is 0.383 e. The quantitative estimate of drug-likeness (QED) is 0.778. The number of nitrogens with one attached hydrogen (secondary N) is 3. The normalized spacial score (nSPS) is 20.8. The third-order valence-corrected chi connectivity index (χ3v) is 4.03. The molecule has 7 heteroatoms. The van der Waals surface area contributed by atoms with Crippen molar-refractivity contribution < 1.29 is 9.53 Å². The minimum absolute atomic E-state index is 0. The van der Waals surface area contributed by atoms with Crippen LogP contribution >= 0.6 is 12.4 Å². The van der Waals surface area contributed by atoms with Gasteiger partial charge in [-0.1, -0.05) is 18.2 Å². The third kappa shape index (κ3) is 3.24. The molecular formula is C15H21ClN4O2. The molecule has 1 aromatic carbocycles. The average molecular weight is 325 g/mol. The zero-order valence-electron chi connectivity index (χ0n) is 12.5. The number of hydrogen-bond acceptors (Lipinski definition) is 4. The van der Waals surface area contributed by atoms with Crippen molar-refractivity contribution in [3.05, 3.63) is 30.0 Å². The summed E-state index contributed by atoms with van der Waals surface area (Å²) in [5.74, 6) is -0.156. The van der Waals surface area contributed by atoms with Gasteiger partial charge in [0.25, 0.3) is 5.91 Å². The lowest BCUT2D eigenvalue weighted by molar-refractivity contribution is 0.0889. The number of ether oxygens (including phenoxy) is 1. The Balaban J connectivity index is 0.00000176. The molecule has 1 fully saturated rings. The molecule has 1 aliphatic rings. The second-order valence-electron chi connectivity index (χ2n) is 5.54. The third-order valence-electron chi connectivity index (χ3n) is 4.03. The lowest BCUT2D eigenvalue weighted by atomic mass is 9.98. The van der Waals surface area contributed by atoms with E-state index in [-0.39, 0.29) is 23.9 Å². The van der Waals surface area contributed by atoms with Crippen LogP contribution in [0.25, 0.3) is 10.9 Å². The lowest BCUT2D eigenvalue weighted by Crippen LogP contribution is -2.53. The Labute approximate surface area is 135 Å². The molecule has 2 heterocycles. The molecule has 6 nitrogen and oxygen atoms in total. The summed E-state index contributed by atoms with van der Waals surface area (Å²) >= 11 is 0. The number of nitrogens with zero attached hydrogens (tertiary/aromatic N) is 1. The number of fused-ring (bicyclic) bond motifs is 1. The Morgan fingerprint density at radius 2 is 2.27 bits per heavy atom. The molecule has 3 rings (SSSR count). The van der Waals surface area contributed by atoms with Gasteiger partial charge in [-0.2, -0.15) is 5.10 Å². The topological polar surface area (TPSA) is 79.0 Å².